The van der Waals surface area contributed by atoms with Crippen LogP contribution in [0.3, 0.4) is 0 Å². The van der Waals surface area contributed by atoms with Crippen LogP contribution in [0, 0.1) is 0 Å². The monoisotopic (exact) mass is 440 g/mol. The summed E-state index contributed by atoms with van der Waals surface area (Å²) in [4.78, 5) is 17.4. The molecule has 5 rings (SSSR count). The maximum absolute atomic E-state index is 12.6. The van der Waals surface area contributed by atoms with Crippen LogP contribution in [0.2, 0.25) is 0 Å². The molecule has 2 heterocycles. The van der Waals surface area contributed by atoms with Crippen molar-refractivity contribution in [1.82, 2.24) is 14.7 Å². The summed E-state index contributed by atoms with van der Waals surface area (Å²) in [7, 11) is 1.62. The van der Waals surface area contributed by atoms with Gasteiger partial charge in [0.2, 0.25) is 0 Å². The van der Waals surface area contributed by atoms with Crippen molar-refractivity contribution in [3.8, 4) is 17.0 Å². The van der Waals surface area contributed by atoms with Crippen molar-refractivity contribution in [2.75, 3.05) is 12.4 Å². The fourth-order valence-corrected chi connectivity index (χ4v) is 4.48. The molecule has 0 radical (unpaired) electrons. The molecule has 1 fully saturated rings. The lowest BCUT2D eigenvalue weighted by Gasteiger charge is -2.30. The number of carbonyl (C=O) groups excluding carboxylic acids is 1. The first kappa shape index (κ1) is 21.1. The highest BCUT2D eigenvalue weighted by molar-refractivity contribution is 5.94. The molecule has 0 spiro atoms. The SMILES string of the molecule is COc1ccc(C(=O)N[C@H]2CC[C@@H](Nc3cccc4nc(-c5ccccc5)cn34)CC2)cc1. The first-order valence-electron chi connectivity index (χ1n) is 11.4. The molecule has 0 atom stereocenters. The van der Waals surface area contributed by atoms with Gasteiger partial charge in [-0.3, -0.25) is 9.20 Å². The second-order valence-electron chi connectivity index (χ2n) is 8.53. The molecule has 0 bridgehead atoms. The molecule has 1 aliphatic rings. The van der Waals surface area contributed by atoms with Gasteiger partial charge < -0.3 is 15.4 Å². The van der Waals surface area contributed by atoms with E-state index in [1.54, 1.807) is 19.2 Å². The number of pyridine rings is 1. The third-order valence-corrected chi connectivity index (χ3v) is 6.33. The maximum atomic E-state index is 12.6. The van der Waals surface area contributed by atoms with E-state index in [1.165, 1.54) is 0 Å². The minimum Gasteiger partial charge on any atom is -0.497 e. The zero-order valence-corrected chi connectivity index (χ0v) is 18.7. The summed E-state index contributed by atoms with van der Waals surface area (Å²) in [6.45, 7) is 0. The number of hydrogen-bond donors (Lipinski definition) is 2. The largest absolute Gasteiger partial charge is 0.497 e. The van der Waals surface area contributed by atoms with Crippen LogP contribution in [-0.2, 0) is 0 Å². The quantitative estimate of drug-likeness (QED) is 0.434. The molecule has 6 nitrogen and oxygen atoms in total. The van der Waals surface area contributed by atoms with Crippen molar-refractivity contribution < 1.29 is 9.53 Å². The number of ether oxygens (including phenoxy) is 1. The molecule has 1 aliphatic carbocycles. The van der Waals surface area contributed by atoms with Gasteiger partial charge in [-0.2, -0.15) is 0 Å². The van der Waals surface area contributed by atoms with Crippen molar-refractivity contribution >= 4 is 17.4 Å². The van der Waals surface area contributed by atoms with Gasteiger partial charge in [0.05, 0.1) is 12.8 Å². The molecular formula is C27H28N4O2. The van der Waals surface area contributed by atoms with Crippen molar-refractivity contribution in [1.29, 1.82) is 0 Å². The van der Waals surface area contributed by atoms with Crippen LogP contribution in [0.25, 0.3) is 16.9 Å². The molecule has 2 N–H and O–H groups in total. The Bertz CT molecular complexity index is 1230. The van der Waals surface area contributed by atoms with Crippen molar-refractivity contribution in [2.24, 2.45) is 0 Å². The number of hydrogen-bond acceptors (Lipinski definition) is 4. The number of fused-ring (bicyclic) bond motifs is 1. The number of methoxy groups -OCH3 is 1. The van der Waals surface area contributed by atoms with Crippen LogP contribution in [0.15, 0.2) is 79.0 Å². The Morgan fingerprint density at radius 1 is 0.909 bits per heavy atom. The molecule has 33 heavy (non-hydrogen) atoms. The van der Waals surface area contributed by atoms with Gasteiger partial charge in [0.15, 0.2) is 0 Å². The number of rotatable bonds is 6. The van der Waals surface area contributed by atoms with Gasteiger partial charge in [0.25, 0.3) is 5.91 Å². The summed E-state index contributed by atoms with van der Waals surface area (Å²) >= 11 is 0. The highest BCUT2D eigenvalue weighted by atomic mass is 16.5. The second-order valence-corrected chi connectivity index (χ2v) is 8.53. The van der Waals surface area contributed by atoms with E-state index in [0.717, 1.165) is 54.2 Å². The van der Waals surface area contributed by atoms with Crippen LogP contribution in [0.4, 0.5) is 5.82 Å². The minimum absolute atomic E-state index is 0.0225. The summed E-state index contributed by atoms with van der Waals surface area (Å²) in [5.41, 5.74) is 3.67. The summed E-state index contributed by atoms with van der Waals surface area (Å²) in [6.07, 6.45) is 6.01. The number of anilines is 1. The molecule has 0 aliphatic heterocycles. The van der Waals surface area contributed by atoms with Gasteiger partial charge >= 0.3 is 0 Å². The summed E-state index contributed by atoms with van der Waals surface area (Å²) in [5, 5.41) is 6.89. The molecular weight excluding hydrogens is 412 g/mol. The van der Waals surface area contributed by atoms with E-state index < -0.39 is 0 Å². The number of nitrogens with one attached hydrogen (secondary N) is 2. The van der Waals surface area contributed by atoms with E-state index in [9.17, 15) is 4.79 Å². The number of nitrogens with zero attached hydrogens (tertiary/aromatic N) is 2. The zero-order chi connectivity index (χ0) is 22.6. The Hall–Kier alpha value is -3.80. The van der Waals surface area contributed by atoms with E-state index in [4.69, 9.17) is 9.72 Å². The summed E-state index contributed by atoms with van der Waals surface area (Å²) in [6, 6.07) is 24.2. The highest BCUT2D eigenvalue weighted by Gasteiger charge is 2.23. The number of amides is 1. The first-order chi connectivity index (χ1) is 16.2. The van der Waals surface area contributed by atoms with Crippen molar-refractivity contribution in [3.63, 3.8) is 0 Å². The molecule has 1 saturated carbocycles. The van der Waals surface area contributed by atoms with E-state index >= 15 is 0 Å². The lowest BCUT2D eigenvalue weighted by molar-refractivity contribution is 0.0926. The number of carbonyl (C=O) groups is 1. The topological polar surface area (TPSA) is 67.7 Å². The van der Waals surface area contributed by atoms with Gasteiger partial charge in [-0.1, -0.05) is 36.4 Å². The lowest BCUT2D eigenvalue weighted by Crippen LogP contribution is -2.40. The third-order valence-electron chi connectivity index (χ3n) is 6.33. The lowest BCUT2D eigenvalue weighted by atomic mass is 9.91. The van der Waals surface area contributed by atoms with E-state index in [1.807, 2.05) is 42.5 Å². The van der Waals surface area contributed by atoms with E-state index in [2.05, 4.69) is 39.4 Å². The molecule has 4 aromatic rings. The molecule has 2 aromatic carbocycles. The van der Waals surface area contributed by atoms with Crippen molar-refractivity contribution in [2.45, 2.75) is 37.8 Å². The van der Waals surface area contributed by atoms with E-state index in [0.29, 0.717) is 11.6 Å². The molecule has 2 aromatic heterocycles. The average molecular weight is 441 g/mol. The Morgan fingerprint density at radius 3 is 2.36 bits per heavy atom. The predicted octanol–water partition coefficient (Wildman–Crippen LogP) is 5.16. The van der Waals surface area contributed by atoms with Gasteiger partial charge in [-0.25, -0.2) is 4.98 Å². The second kappa shape index (κ2) is 9.36. The van der Waals surface area contributed by atoms with E-state index in [-0.39, 0.29) is 11.9 Å². The predicted molar refractivity (Wildman–Crippen MR) is 131 cm³/mol. The molecule has 0 saturated heterocycles. The average Bonchev–Trinajstić information content (AvgIpc) is 3.31. The standard InChI is InChI=1S/C27H28N4O2/c1-33-23-16-10-20(11-17-23)27(32)29-22-14-12-21(13-15-22)28-25-8-5-9-26-30-24(18-31(25)26)19-6-3-2-4-7-19/h2-11,16-18,21-22,28H,12-15H2,1H3,(H,29,32)/t21-,22+. The van der Waals surface area contributed by atoms with Crippen LogP contribution in [0.1, 0.15) is 36.0 Å². The Balaban J connectivity index is 1.20. The first-order valence-corrected chi connectivity index (χ1v) is 11.4. The Labute approximate surface area is 193 Å². The van der Waals surface area contributed by atoms with Crippen LogP contribution < -0.4 is 15.4 Å². The Morgan fingerprint density at radius 2 is 1.64 bits per heavy atom. The minimum atomic E-state index is -0.0225. The Kier molecular flexibility index (Phi) is 5.98. The van der Waals surface area contributed by atoms with Crippen molar-refractivity contribution in [3.05, 3.63) is 84.6 Å². The molecule has 6 heteroatoms. The van der Waals surface area contributed by atoms with Gasteiger partial charge in [-0.15, -0.1) is 0 Å². The fraction of sp³-hybridized carbons (Fsp3) is 0.259. The van der Waals surface area contributed by atoms with Gasteiger partial charge in [-0.05, 0) is 62.1 Å². The summed E-state index contributed by atoms with van der Waals surface area (Å²) < 4.78 is 7.29. The van der Waals surface area contributed by atoms with Crippen LogP contribution >= 0.6 is 0 Å². The van der Waals surface area contributed by atoms with Gasteiger partial charge in [0, 0.05) is 29.4 Å². The van der Waals surface area contributed by atoms with Crippen LogP contribution in [0.5, 0.6) is 5.75 Å². The smallest absolute Gasteiger partial charge is 0.251 e. The normalized spacial score (nSPS) is 18.1. The maximum Gasteiger partial charge on any atom is 0.251 e. The fourth-order valence-electron chi connectivity index (χ4n) is 4.48. The highest BCUT2D eigenvalue weighted by Crippen LogP contribution is 2.25. The zero-order valence-electron chi connectivity index (χ0n) is 18.7. The number of aromatic nitrogens is 2. The molecule has 168 valence electrons. The van der Waals surface area contributed by atoms with Crippen LogP contribution in [-0.4, -0.2) is 34.5 Å². The summed E-state index contributed by atoms with van der Waals surface area (Å²) in [5.74, 6) is 1.78. The van der Waals surface area contributed by atoms with Gasteiger partial charge in [0.1, 0.15) is 17.2 Å². The molecule has 1 amide bonds. The number of benzene rings is 2. The molecule has 0 unspecified atom stereocenters. The number of imidazole rings is 1. The third kappa shape index (κ3) is 4.70.